The standard InChI is InChI=1S/C17H22N2/c1-12-8-14(3)17(9-13(12)2)19-11-16-6-4-15(10-18)5-7-16/h4-9,19H,10-11,18H2,1-3H3. The number of nitrogens with two attached hydrogens (primary N) is 1. The molecule has 0 bridgehead atoms. The highest BCUT2D eigenvalue weighted by atomic mass is 14.9. The Morgan fingerprint density at radius 1 is 0.842 bits per heavy atom. The molecule has 0 fully saturated rings. The fourth-order valence-electron chi connectivity index (χ4n) is 2.14. The minimum absolute atomic E-state index is 0.601. The first-order chi connectivity index (χ1) is 9.10. The maximum absolute atomic E-state index is 5.60. The van der Waals surface area contributed by atoms with Crippen LogP contribution in [0.15, 0.2) is 36.4 Å². The molecule has 100 valence electrons. The van der Waals surface area contributed by atoms with Gasteiger partial charge in [0.15, 0.2) is 0 Å². The molecule has 0 aromatic heterocycles. The summed E-state index contributed by atoms with van der Waals surface area (Å²) in [7, 11) is 0. The first-order valence-corrected chi connectivity index (χ1v) is 6.69. The fraction of sp³-hybridized carbons (Fsp3) is 0.294. The number of aryl methyl sites for hydroxylation is 3. The third-order valence-electron chi connectivity index (χ3n) is 3.58. The Morgan fingerprint density at radius 3 is 2.05 bits per heavy atom. The summed E-state index contributed by atoms with van der Waals surface area (Å²) in [6, 6.07) is 12.9. The molecule has 3 N–H and O–H groups in total. The van der Waals surface area contributed by atoms with Gasteiger partial charge in [-0.15, -0.1) is 0 Å². The van der Waals surface area contributed by atoms with Gasteiger partial charge >= 0.3 is 0 Å². The second-order valence-corrected chi connectivity index (χ2v) is 5.13. The van der Waals surface area contributed by atoms with Crippen molar-refractivity contribution in [3.63, 3.8) is 0 Å². The van der Waals surface area contributed by atoms with Crippen molar-refractivity contribution in [2.24, 2.45) is 5.73 Å². The fourth-order valence-corrected chi connectivity index (χ4v) is 2.14. The molecule has 0 unspecified atom stereocenters. The quantitative estimate of drug-likeness (QED) is 0.873. The number of nitrogens with one attached hydrogen (secondary N) is 1. The van der Waals surface area contributed by atoms with Crippen LogP contribution in [-0.4, -0.2) is 0 Å². The Labute approximate surface area is 115 Å². The Hall–Kier alpha value is -1.80. The molecule has 0 aliphatic rings. The number of benzene rings is 2. The lowest BCUT2D eigenvalue weighted by Gasteiger charge is -2.12. The first-order valence-electron chi connectivity index (χ1n) is 6.69. The van der Waals surface area contributed by atoms with Crippen molar-refractivity contribution >= 4 is 5.69 Å². The van der Waals surface area contributed by atoms with E-state index in [9.17, 15) is 0 Å². The van der Waals surface area contributed by atoms with Crippen LogP contribution in [0.5, 0.6) is 0 Å². The van der Waals surface area contributed by atoms with Crippen LogP contribution < -0.4 is 11.1 Å². The molecule has 2 heteroatoms. The molecule has 19 heavy (non-hydrogen) atoms. The minimum Gasteiger partial charge on any atom is -0.381 e. The summed E-state index contributed by atoms with van der Waals surface area (Å²) >= 11 is 0. The second-order valence-electron chi connectivity index (χ2n) is 5.13. The van der Waals surface area contributed by atoms with Crippen LogP contribution in [0.3, 0.4) is 0 Å². The van der Waals surface area contributed by atoms with E-state index in [1.807, 2.05) is 0 Å². The summed E-state index contributed by atoms with van der Waals surface area (Å²) in [6.07, 6.45) is 0. The van der Waals surface area contributed by atoms with Crippen LogP contribution >= 0.6 is 0 Å². The van der Waals surface area contributed by atoms with Crippen LogP contribution in [0.2, 0.25) is 0 Å². The van der Waals surface area contributed by atoms with Gasteiger partial charge in [-0.3, -0.25) is 0 Å². The molecule has 2 rings (SSSR count). The second kappa shape index (κ2) is 5.89. The normalized spacial score (nSPS) is 10.5. The average molecular weight is 254 g/mol. The van der Waals surface area contributed by atoms with Gasteiger partial charge in [0.2, 0.25) is 0 Å². The SMILES string of the molecule is Cc1cc(C)c(NCc2ccc(CN)cc2)cc1C. The monoisotopic (exact) mass is 254 g/mol. The van der Waals surface area contributed by atoms with Gasteiger partial charge in [-0.1, -0.05) is 30.3 Å². The van der Waals surface area contributed by atoms with Crippen molar-refractivity contribution in [3.8, 4) is 0 Å². The maximum Gasteiger partial charge on any atom is 0.0400 e. The molecule has 2 nitrogen and oxygen atoms in total. The molecule has 0 saturated carbocycles. The van der Waals surface area contributed by atoms with Crippen LogP contribution in [0, 0.1) is 20.8 Å². The van der Waals surface area contributed by atoms with E-state index >= 15 is 0 Å². The summed E-state index contributed by atoms with van der Waals surface area (Å²) < 4.78 is 0. The molecule has 2 aromatic rings. The van der Waals surface area contributed by atoms with Gasteiger partial charge in [-0.2, -0.15) is 0 Å². The lowest BCUT2D eigenvalue weighted by molar-refractivity contribution is 1.06. The van der Waals surface area contributed by atoms with Gasteiger partial charge in [0.05, 0.1) is 0 Å². The molecule has 0 aliphatic heterocycles. The molecular formula is C17H22N2. The summed E-state index contributed by atoms with van der Waals surface area (Å²) in [5.74, 6) is 0. The lowest BCUT2D eigenvalue weighted by Crippen LogP contribution is -2.03. The van der Waals surface area contributed by atoms with Gasteiger partial charge in [0, 0.05) is 18.8 Å². The van der Waals surface area contributed by atoms with Crippen molar-refractivity contribution in [3.05, 3.63) is 64.2 Å². The van der Waals surface area contributed by atoms with Gasteiger partial charge < -0.3 is 11.1 Å². The molecule has 2 aromatic carbocycles. The number of anilines is 1. The summed E-state index contributed by atoms with van der Waals surface area (Å²) in [6.45, 7) is 7.89. The summed E-state index contributed by atoms with van der Waals surface area (Å²) in [5.41, 5.74) is 13.2. The molecule has 0 radical (unpaired) electrons. The van der Waals surface area contributed by atoms with Crippen LogP contribution in [-0.2, 0) is 13.1 Å². The molecule has 0 atom stereocenters. The highest BCUT2D eigenvalue weighted by Gasteiger charge is 2.01. The van der Waals surface area contributed by atoms with E-state index in [-0.39, 0.29) is 0 Å². The highest BCUT2D eigenvalue weighted by molar-refractivity contribution is 5.55. The minimum atomic E-state index is 0.601. The maximum atomic E-state index is 5.60. The van der Waals surface area contributed by atoms with Crippen molar-refractivity contribution in [2.45, 2.75) is 33.9 Å². The highest BCUT2D eigenvalue weighted by Crippen LogP contribution is 2.20. The largest absolute Gasteiger partial charge is 0.381 e. The zero-order chi connectivity index (χ0) is 13.8. The lowest BCUT2D eigenvalue weighted by atomic mass is 10.0. The van der Waals surface area contributed by atoms with Crippen molar-refractivity contribution in [1.29, 1.82) is 0 Å². The van der Waals surface area contributed by atoms with Gasteiger partial charge in [0.1, 0.15) is 0 Å². The molecule has 0 amide bonds. The Morgan fingerprint density at radius 2 is 1.42 bits per heavy atom. The third-order valence-corrected chi connectivity index (χ3v) is 3.58. The van der Waals surface area contributed by atoms with Crippen molar-refractivity contribution in [2.75, 3.05) is 5.32 Å². The summed E-state index contributed by atoms with van der Waals surface area (Å²) in [5, 5.41) is 3.50. The Kier molecular flexibility index (Phi) is 4.23. The van der Waals surface area contributed by atoms with E-state index in [2.05, 4.69) is 62.5 Å². The van der Waals surface area contributed by atoms with Crippen LogP contribution in [0.4, 0.5) is 5.69 Å². The Bertz CT molecular complexity index is 556. The van der Waals surface area contributed by atoms with Crippen molar-refractivity contribution in [1.82, 2.24) is 0 Å². The van der Waals surface area contributed by atoms with E-state index in [0.29, 0.717) is 6.54 Å². The zero-order valence-electron chi connectivity index (χ0n) is 12.0. The average Bonchev–Trinajstić information content (AvgIpc) is 2.42. The van der Waals surface area contributed by atoms with E-state index in [0.717, 1.165) is 6.54 Å². The van der Waals surface area contributed by atoms with E-state index < -0.39 is 0 Å². The Balaban J connectivity index is 2.07. The van der Waals surface area contributed by atoms with Crippen molar-refractivity contribution < 1.29 is 0 Å². The van der Waals surface area contributed by atoms with E-state index in [4.69, 9.17) is 5.73 Å². The van der Waals surface area contributed by atoms with E-state index in [1.165, 1.54) is 33.5 Å². The zero-order valence-corrected chi connectivity index (χ0v) is 12.0. The van der Waals surface area contributed by atoms with Crippen LogP contribution in [0.1, 0.15) is 27.8 Å². The molecule has 0 saturated heterocycles. The molecule has 0 aliphatic carbocycles. The molecule has 0 spiro atoms. The van der Waals surface area contributed by atoms with Gasteiger partial charge in [-0.05, 0) is 54.7 Å². The predicted octanol–water partition coefficient (Wildman–Crippen LogP) is 3.68. The van der Waals surface area contributed by atoms with E-state index in [1.54, 1.807) is 0 Å². The summed E-state index contributed by atoms with van der Waals surface area (Å²) in [4.78, 5) is 0. The smallest absolute Gasteiger partial charge is 0.0400 e. The number of hydrogen-bond donors (Lipinski definition) is 2. The topological polar surface area (TPSA) is 38.0 Å². The predicted molar refractivity (Wildman–Crippen MR) is 82.3 cm³/mol. The third kappa shape index (κ3) is 3.36. The van der Waals surface area contributed by atoms with Gasteiger partial charge in [-0.25, -0.2) is 0 Å². The molecule has 0 heterocycles. The number of rotatable bonds is 4. The first kappa shape index (κ1) is 13.6. The number of hydrogen-bond acceptors (Lipinski definition) is 2. The van der Waals surface area contributed by atoms with Gasteiger partial charge in [0.25, 0.3) is 0 Å². The molecular weight excluding hydrogens is 232 g/mol. The van der Waals surface area contributed by atoms with Crippen LogP contribution in [0.25, 0.3) is 0 Å².